The maximum absolute atomic E-state index is 13.0. The van der Waals surface area contributed by atoms with Gasteiger partial charge in [-0.05, 0) is 62.1 Å². The second-order valence-corrected chi connectivity index (χ2v) is 10.3. The Morgan fingerprint density at radius 1 is 1.10 bits per heavy atom. The number of hydrogen-bond acceptors (Lipinski definition) is 6. The zero-order valence-electron chi connectivity index (χ0n) is 17.0. The lowest BCUT2D eigenvalue weighted by molar-refractivity contribution is 0.243. The van der Waals surface area contributed by atoms with Crippen molar-refractivity contribution in [3.05, 3.63) is 56.4 Å². The number of oxazole rings is 1. The van der Waals surface area contributed by atoms with Gasteiger partial charge in [0, 0.05) is 31.8 Å². The lowest BCUT2D eigenvalue weighted by atomic mass is 9.96. The smallest absolute Gasteiger partial charge is 0.408 e. The second-order valence-electron chi connectivity index (χ2n) is 8.36. The van der Waals surface area contributed by atoms with Crippen molar-refractivity contribution in [3.63, 3.8) is 0 Å². The lowest BCUT2D eigenvalue weighted by Crippen LogP contribution is -2.40. The van der Waals surface area contributed by atoms with Crippen LogP contribution in [0.15, 0.2) is 43.2 Å². The van der Waals surface area contributed by atoms with Crippen LogP contribution in [0.1, 0.15) is 36.9 Å². The van der Waals surface area contributed by atoms with Crippen molar-refractivity contribution < 1.29 is 12.8 Å². The lowest BCUT2D eigenvalue weighted by Gasteiger charge is -2.31. The molecule has 10 heteroatoms. The highest BCUT2D eigenvalue weighted by Crippen LogP contribution is 2.26. The Balaban J connectivity index is 1.28. The summed E-state index contributed by atoms with van der Waals surface area (Å²) in [6.07, 6.45) is 5.36. The van der Waals surface area contributed by atoms with Crippen LogP contribution >= 0.6 is 0 Å². The number of nitrogens with one attached hydrogen (secondary N) is 1. The van der Waals surface area contributed by atoms with Crippen LogP contribution in [0, 0.1) is 5.92 Å². The van der Waals surface area contributed by atoms with Gasteiger partial charge < -0.3 is 4.42 Å². The zero-order valence-corrected chi connectivity index (χ0v) is 17.9. The number of nitrogens with zero attached hydrogens (tertiary/aromatic N) is 3. The highest BCUT2D eigenvalue weighted by atomic mass is 32.2. The van der Waals surface area contributed by atoms with E-state index in [0.29, 0.717) is 38.0 Å². The van der Waals surface area contributed by atoms with Gasteiger partial charge in [0.15, 0.2) is 5.58 Å². The number of piperidine rings is 1. The number of sulfonamides is 1. The average Bonchev–Trinajstić information content (AvgIpc) is 3.14. The summed E-state index contributed by atoms with van der Waals surface area (Å²) in [5, 5.41) is 4.59. The van der Waals surface area contributed by atoms with Crippen molar-refractivity contribution in [3.8, 4) is 0 Å². The highest BCUT2D eigenvalue weighted by Gasteiger charge is 2.30. The van der Waals surface area contributed by atoms with Gasteiger partial charge in [-0.1, -0.05) is 0 Å². The Hall–Kier alpha value is -2.72. The van der Waals surface area contributed by atoms with Gasteiger partial charge in [0.1, 0.15) is 0 Å². The van der Waals surface area contributed by atoms with Crippen molar-refractivity contribution in [1.82, 2.24) is 19.1 Å². The second kappa shape index (κ2) is 7.76. The van der Waals surface area contributed by atoms with Crippen molar-refractivity contribution in [1.29, 1.82) is 0 Å². The SMILES string of the molecule is O=c1[nH]c2ccc(S(=O)(=O)N3CCC(Cn4nc5c(cc4=O)CCCC5)CC3)cc2o1. The molecular formula is C21H24N4O5S. The first-order valence-corrected chi connectivity index (χ1v) is 12.1. The molecule has 1 saturated heterocycles. The minimum absolute atomic E-state index is 0.0722. The van der Waals surface area contributed by atoms with Crippen molar-refractivity contribution in [2.75, 3.05) is 13.1 Å². The largest absolute Gasteiger partial charge is 0.417 e. The third-order valence-electron chi connectivity index (χ3n) is 6.31. The van der Waals surface area contributed by atoms with Crippen LogP contribution in [0.25, 0.3) is 11.1 Å². The van der Waals surface area contributed by atoms with Gasteiger partial charge in [-0.25, -0.2) is 17.9 Å². The van der Waals surface area contributed by atoms with Gasteiger partial charge in [-0.15, -0.1) is 0 Å². The number of aryl methyl sites for hydroxylation is 2. The van der Waals surface area contributed by atoms with Gasteiger partial charge in [-0.2, -0.15) is 9.40 Å². The Bertz CT molecular complexity index is 1350. The molecule has 1 aromatic carbocycles. The molecule has 0 bridgehead atoms. The van der Waals surface area contributed by atoms with E-state index in [1.54, 1.807) is 10.7 Å². The molecular weight excluding hydrogens is 420 g/mol. The summed E-state index contributed by atoms with van der Waals surface area (Å²) >= 11 is 0. The van der Waals surface area contributed by atoms with Crippen molar-refractivity contribution in [2.24, 2.45) is 5.92 Å². The molecule has 164 valence electrons. The van der Waals surface area contributed by atoms with E-state index in [1.807, 2.05) is 0 Å². The summed E-state index contributed by atoms with van der Waals surface area (Å²) in [5.41, 5.74) is 2.71. The third kappa shape index (κ3) is 3.85. The molecule has 5 rings (SSSR count). The first-order chi connectivity index (χ1) is 14.9. The fourth-order valence-corrected chi connectivity index (χ4v) is 6.03. The van der Waals surface area contributed by atoms with E-state index >= 15 is 0 Å². The number of benzene rings is 1. The van der Waals surface area contributed by atoms with Crippen molar-refractivity contribution in [2.45, 2.75) is 50.0 Å². The van der Waals surface area contributed by atoms with E-state index in [1.165, 1.54) is 22.5 Å². The number of aromatic amines is 1. The van der Waals surface area contributed by atoms with Gasteiger partial charge in [0.25, 0.3) is 5.56 Å². The standard InChI is InChI=1S/C21H24N4O5S/c26-20-11-15-3-1-2-4-17(15)23-25(20)13-14-7-9-24(10-8-14)31(28,29)16-5-6-18-19(12-16)30-21(27)22-18/h5-6,11-12,14H,1-4,7-10,13H2,(H,22,27). The molecule has 2 aliphatic rings. The summed E-state index contributed by atoms with van der Waals surface area (Å²) < 4.78 is 34.1. The fraction of sp³-hybridized carbons (Fsp3) is 0.476. The minimum Gasteiger partial charge on any atom is -0.408 e. The molecule has 2 aromatic heterocycles. The number of fused-ring (bicyclic) bond motifs is 2. The Kier molecular flexibility index (Phi) is 5.05. The van der Waals surface area contributed by atoms with E-state index in [-0.39, 0.29) is 22.0 Å². The molecule has 0 spiro atoms. The van der Waals surface area contributed by atoms with Crippen LogP contribution in [0.4, 0.5) is 0 Å². The minimum atomic E-state index is -3.69. The molecule has 1 aliphatic heterocycles. The molecule has 9 nitrogen and oxygen atoms in total. The molecule has 0 amide bonds. The Labute approximate surface area is 178 Å². The van der Waals surface area contributed by atoms with E-state index in [9.17, 15) is 18.0 Å². The molecule has 0 atom stereocenters. The maximum Gasteiger partial charge on any atom is 0.417 e. The summed E-state index contributed by atoms with van der Waals surface area (Å²) in [7, 11) is -3.69. The molecule has 3 heterocycles. The zero-order chi connectivity index (χ0) is 21.6. The topological polar surface area (TPSA) is 118 Å². The maximum atomic E-state index is 13.0. The monoisotopic (exact) mass is 444 g/mol. The summed E-state index contributed by atoms with van der Waals surface area (Å²) in [6.45, 7) is 1.27. The molecule has 31 heavy (non-hydrogen) atoms. The first-order valence-electron chi connectivity index (χ1n) is 10.6. The summed E-state index contributed by atoms with van der Waals surface area (Å²) in [6, 6.07) is 6.11. The number of hydrogen-bond donors (Lipinski definition) is 1. The predicted octanol–water partition coefficient (Wildman–Crippen LogP) is 1.66. The summed E-state index contributed by atoms with van der Waals surface area (Å²) in [5.74, 6) is -0.417. The van der Waals surface area contributed by atoms with E-state index in [4.69, 9.17) is 4.42 Å². The molecule has 0 saturated carbocycles. The van der Waals surface area contributed by atoms with Crippen LogP contribution < -0.4 is 11.3 Å². The fourth-order valence-electron chi connectivity index (χ4n) is 4.54. The third-order valence-corrected chi connectivity index (χ3v) is 8.20. The molecule has 1 aliphatic carbocycles. The van der Waals surface area contributed by atoms with Gasteiger partial charge in [-0.3, -0.25) is 9.78 Å². The van der Waals surface area contributed by atoms with Gasteiger partial charge >= 0.3 is 5.76 Å². The average molecular weight is 445 g/mol. The first kappa shape index (κ1) is 20.2. The van der Waals surface area contributed by atoms with E-state index < -0.39 is 15.8 Å². The van der Waals surface area contributed by atoms with Crippen LogP contribution in [0.2, 0.25) is 0 Å². The van der Waals surface area contributed by atoms with Gasteiger partial charge in [0.2, 0.25) is 10.0 Å². The summed E-state index contributed by atoms with van der Waals surface area (Å²) in [4.78, 5) is 26.4. The van der Waals surface area contributed by atoms with Gasteiger partial charge in [0.05, 0.1) is 16.1 Å². The molecule has 1 N–H and O–H groups in total. The van der Waals surface area contributed by atoms with E-state index in [0.717, 1.165) is 36.9 Å². The van der Waals surface area contributed by atoms with Crippen LogP contribution in [0.3, 0.4) is 0 Å². The highest BCUT2D eigenvalue weighted by molar-refractivity contribution is 7.89. The number of rotatable bonds is 4. The molecule has 1 fully saturated rings. The number of aromatic nitrogens is 3. The molecule has 3 aromatic rings. The Morgan fingerprint density at radius 2 is 1.87 bits per heavy atom. The van der Waals surface area contributed by atoms with Crippen LogP contribution in [-0.2, 0) is 29.4 Å². The van der Waals surface area contributed by atoms with E-state index in [2.05, 4.69) is 10.1 Å². The number of H-pyrrole nitrogens is 1. The van der Waals surface area contributed by atoms with Crippen LogP contribution in [-0.4, -0.2) is 40.6 Å². The predicted molar refractivity (Wildman–Crippen MR) is 113 cm³/mol. The normalized spacial score (nSPS) is 18.3. The quantitative estimate of drug-likeness (QED) is 0.654. The van der Waals surface area contributed by atoms with Crippen LogP contribution in [0.5, 0.6) is 0 Å². The molecule has 0 radical (unpaired) electrons. The molecule has 0 unspecified atom stereocenters. The van der Waals surface area contributed by atoms with Crippen molar-refractivity contribution >= 4 is 21.1 Å². The Morgan fingerprint density at radius 3 is 2.68 bits per heavy atom.